The van der Waals surface area contributed by atoms with Crippen molar-refractivity contribution in [1.29, 1.82) is 0 Å². The summed E-state index contributed by atoms with van der Waals surface area (Å²) in [5, 5.41) is 2.98. The second kappa shape index (κ2) is 9.73. The molecule has 5 nitrogen and oxygen atoms in total. The van der Waals surface area contributed by atoms with Crippen molar-refractivity contribution in [2.24, 2.45) is 0 Å². The number of ether oxygens (including phenoxy) is 2. The van der Waals surface area contributed by atoms with E-state index in [0.29, 0.717) is 25.3 Å². The summed E-state index contributed by atoms with van der Waals surface area (Å²) in [4.78, 5) is 16.8. The highest BCUT2D eigenvalue weighted by molar-refractivity contribution is 5.94. The maximum absolute atomic E-state index is 12.7. The van der Waals surface area contributed by atoms with Crippen LogP contribution < -0.4 is 14.8 Å². The van der Waals surface area contributed by atoms with Crippen molar-refractivity contribution in [3.05, 3.63) is 88.7 Å². The lowest BCUT2D eigenvalue weighted by molar-refractivity contribution is 0.0950. The van der Waals surface area contributed by atoms with Crippen molar-refractivity contribution in [3.63, 3.8) is 0 Å². The Morgan fingerprint density at radius 3 is 2.48 bits per heavy atom. The van der Waals surface area contributed by atoms with Crippen LogP contribution in [0.1, 0.15) is 39.5 Å². The quantitative estimate of drug-likeness (QED) is 0.610. The molecule has 0 atom stereocenters. The molecule has 0 spiro atoms. The predicted octanol–water partition coefficient (Wildman–Crippen LogP) is 4.61. The number of aromatic nitrogens is 1. The number of hydrogen-bond donors (Lipinski definition) is 1. The molecule has 0 unspecified atom stereocenters. The molecule has 0 saturated heterocycles. The van der Waals surface area contributed by atoms with Crippen LogP contribution in [0.25, 0.3) is 0 Å². The van der Waals surface area contributed by atoms with Crippen LogP contribution in [-0.4, -0.2) is 17.5 Å². The van der Waals surface area contributed by atoms with Crippen LogP contribution in [0.5, 0.6) is 11.5 Å². The Balaban J connectivity index is 1.67. The Kier molecular flexibility index (Phi) is 6.85. The molecule has 0 aliphatic rings. The first kappa shape index (κ1) is 20.4. The van der Waals surface area contributed by atoms with Crippen molar-refractivity contribution in [2.45, 2.75) is 33.9 Å². The third kappa shape index (κ3) is 5.35. The maximum atomic E-state index is 12.7. The largest absolute Gasteiger partial charge is 0.494 e. The first-order chi connectivity index (χ1) is 14.1. The van der Waals surface area contributed by atoms with E-state index in [9.17, 15) is 4.79 Å². The van der Waals surface area contributed by atoms with Crippen LogP contribution in [0.2, 0.25) is 0 Å². The second-order valence-electron chi connectivity index (χ2n) is 6.81. The number of nitrogens with one attached hydrogen (secondary N) is 1. The average molecular weight is 390 g/mol. The molecule has 150 valence electrons. The fourth-order valence-electron chi connectivity index (χ4n) is 3.17. The summed E-state index contributed by atoms with van der Waals surface area (Å²) in [5.41, 5.74) is 4.42. The number of rotatable bonds is 8. The SMILES string of the molecule is CCOc1ccccc1CNC(=O)c1cc(C)c(OCc2cccnc2)c(C)c1. The summed E-state index contributed by atoms with van der Waals surface area (Å²) in [6.45, 7) is 7.28. The van der Waals surface area contributed by atoms with E-state index in [-0.39, 0.29) is 5.91 Å². The van der Waals surface area contributed by atoms with E-state index < -0.39 is 0 Å². The van der Waals surface area contributed by atoms with Crippen molar-refractivity contribution in [3.8, 4) is 11.5 Å². The number of carbonyl (C=O) groups is 1. The van der Waals surface area contributed by atoms with E-state index in [1.54, 1.807) is 12.4 Å². The molecule has 3 rings (SSSR count). The highest BCUT2D eigenvalue weighted by atomic mass is 16.5. The fraction of sp³-hybridized carbons (Fsp3) is 0.250. The molecule has 1 amide bonds. The molecule has 3 aromatic rings. The summed E-state index contributed by atoms with van der Waals surface area (Å²) in [7, 11) is 0. The van der Waals surface area contributed by atoms with Gasteiger partial charge in [-0.05, 0) is 56.2 Å². The van der Waals surface area contributed by atoms with Gasteiger partial charge in [-0.2, -0.15) is 0 Å². The van der Waals surface area contributed by atoms with Crippen LogP contribution in [0.3, 0.4) is 0 Å². The Labute approximate surface area is 171 Å². The molecule has 0 bridgehead atoms. The molecular weight excluding hydrogens is 364 g/mol. The zero-order valence-electron chi connectivity index (χ0n) is 17.1. The number of carbonyl (C=O) groups excluding carboxylic acids is 1. The Bertz CT molecular complexity index is 948. The Hall–Kier alpha value is -3.34. The van der Waals surface area contributed by atoms with Gasteiger partial charge in [0.25, 0.3) is 5.91 Å². The number of pyridine rings is 1. The topological polar surface area (TPSA) is 60.5 Å². The number of benzene rings is 2. The van der Waals surface area contributed by atoms with E-state index in [1.165, 1.54) is 0 Å². The number of amides is 1. The van der Waals surface area contributed by atoms with Gasteiger partial charge in [-0.1, -0.05) is 24.3 Å². The standard InChI is InChI=1S/C24H26N2O3/c1-4-28-22-10-6-5-9-20(22)15-26-24(27)21-12-17(2)23(18(3)13-21)29-16-19-8-7-11-25-14-19/h5-14H,4,15-16H2,1-3H3,(H,26,27). The van der Waals surface area contributed by atoms with Gasteiger partial charge >= 0.3 is 0 Å². The predicted molar refractivity (Wildman–Crippen MR) is 113 cm³/mol. The summed E-state index contributed by atoms with van der Waals surface area (Å²) in [6.07, 6.45) is 3.52. The second-order valence-corrected chi connectivity index (χ2v) is 6.81. The molecule has 1 heterocycles. The number of nitrogens with zero attached hydrogens (tertiary/aromatic N) is 1. The van der Waals surface area contributed by atoms with Crippen LogP contribution in [-0.2, 0) is 13.2 Å². The molecule has 0 saturated carbocycles. The first-order valence-corrected chi connectivity index (χ1v) is 9.70. The van der Waals surface area contributed by atoms with Crippen molar-refractivity contribution in [1.82, 2.24) is 10.3 Å². The summed E-state index contributed by atoms with van der Waals surface area (Å²) in [5.74, 6) is 1.47. The molecule has 0 fully saturated rings. The van der Waals surface area contributed by atoms with Gasteiger partial charge in [-0.25, -0.2) is 0 Å². The van der Waals surface area contributed by atoms with Gasteiger partial charge in [0.2, 0.25) is 0 Å². The summed E-state index contributed by atoms with van der Waals surface area (Å²) >= 11 is 0. The minimum Gasteiger partial charge on any atom is -0.494 e. The average Bonchev–Trinajstić information content (AvgIpc) is 2.73. The third-order valence-corrected chi connectivity index (χ3v) is 4.54. The van der Waals surface area contributed by atoms with Crippen LogP contribution >= 0.6 is 0 Å². The lowest BCUT2D eigenvalue weighted by Crippen LogP contribution is -2.23. The Morgan fingerprint density at radius 2 is 1.79 bits per heavy atom. The van der Waals surface area contributed by atoms with E-state index in [0.717, 1.165) is 33.8 Å². The minimum absolute atomic E-state index is 0.124. The van der Waals surface area contributed by atoms with Gasteiger partial charge in [0.05, 0.1) is 6.61 Å². The summed E-state index contributed by atoms with van der Waals surface area (Å²) < 4.78 is 11.6. The van der Waals surface area contributed by atoms with Crippen molar-refractivity contribution < 1.29 is 14.3 Å². The van der Waals surface area contributed by atoms with Crippen LogP contribution in [0.4, 0.5) is 0 Å². The number of hydrogen-bond acceptors (Lipinski definition) is 4. The smallest absolute Gasteiger partial charge is 0.251 e. The van der Waals surface area contributed by atoms with Gasteiger partial charge in [-0.15, -0.1) is 0 Å². The fourth-order valence-corrected chi connectivity index (χ4v) is 3.17. The van der Waals surface area contributed by atoms with Gasteiger partial charge < -0.3 is 14.8 Å². The number of para-hydroxylation sites is 1. The molecule has 5 heteroatoms. The minimum atomic E-state index is -0.124. The van der Waals surface area contributed by atoms with Crippen molar-refractivity contribution >= 4 is 5.91 Å². The van der Waals surface area contributed by atoms with E-state index in [2.05, 4.69) is 10.3 Å². The molecule has 0 radical (unpaired) electrons. The zero-order chi connectivity index (χ0) is 20.6. The summed E-state index contributed by atoms with van der Waals surface area (Å²) in [6, 6.07) is 15.3. The normalized spacial score (nSPS) is 10.4. The van der Waals surface area contributed by atoms with Crippen molar-refractivity contribution in [2.75, 3.05) is 6.61 Å². The molecule has 0 aliphatic heterocycles. The van der Waals surface area contributed by atoms with E-state index in [4.69, 9.17) is 9.47 Å². The van der Waals surface area contributed by atoms with Crippen LogP contribution in [0.15, 0.2) is 60.9 Å². The first-order valence-electron chi connectivity index (χ1n) is 9.70. The van der Waals surface area contributed by atoms with Gasteiger partial charge in [0, 0.05) is 35.6 Å². The lowest BCUT2D eigenvalue weighted by Gasteiger charge is -2.15. The van der Waals surface area contributed by atoms with Gasteiger partial charge in [-0.3, -0.25) is 9.78 Å². The molecule has 1 aromatic heterocycles. The zero-order valence-corrected chi connectivity index (χ0v) is 17.1. The highest BCUT2D eigenvalue weighted by Gasteiger charge is 2.13. The highest BCUT2D eigenvalue weighted by Crippen LogP contribution is 2.26. The maximum Gasteiger partial charge on any atom is 0.251 e. The van der Waals surface area contributed by atoms with E-state index in [1.807, 2.05) is 69.3 Å². The molecule has 1 N–H and O–H groups in total. The van der Waals surface area contributed by atoms with Gasteiger partial charge in [0.1, 0.15) is 18.1 Å². The van der Waals surface area contributed by atoms with E-state index >= 15 is 0 Å². The van der Waals surface area contributed by atoms with Crippen LogP contribution in [0, 0.1) is 13.8 Å². The third-order valence-electron chi connectivity index (χ3n) is 4.54. The van der Waals surface area contributed by atoms with Gasteiger partial charge in [0.15, 0.2) is 0 Å². The lowest BCUT2D eigenvalue weighted by atomic mass is 10.0. The molecule has 29 heavy (non-hydrogen) atoms. The Morgan fingerprint density at radius 1 is 1.03 bits per heavy atom. The molecular formula is C24H26N2O3. The monoisotopic (exact) mass is 390 g/mol. The molecule has 0 aliphatic carbocycles. The number of aryl methyl sites for hydroxylation is 2. The molecule has 2 aromatic carbocycles.